The zero-order chi connectivity index (χ0) is 12.6. The van der Waals surface area contributed by atoms with Gasteiger partial charge in [0.25, 0.3) is 5.56 Å². The Kier molecular flexibility index (Phi) is 2.62. The maximum Gasteiger partial charge on any atom is 0.327 e. The molecule has 7 nitrogen and oxygen atoms in total. The van der Waals surface area contributed by atoms with Crippen molar-refractivity contribution in [3.05, 3.63) is 26.7 Å². The lowest BCUT2D eigenvalue weighted by atomic mass is 9.97. The summed E-state index contributed by atoms with van der Waals surface area (Å²) in [4.78, 5) is 34.2. The lowest BCUT2D eigenvalue weighted by molar-refractivity contribution is 0.424. The Morgan fingerprint density at radius 1 is 1.29 bits per heavy atom. The van der Waals surface area contributed by atoms with Crippen LogP contribution in [0.25, 0.3) is 11.2 Å². The summed E-state index contributed by atoms with van der Waals surface area (Å²) in [5.74, 6) is 0.502. The number of imidazole rings is 1. The van der Waals surface area contributed by atoms with Crippen LogP contribution in [0.4, 0.5) is 0 Å². The number of nitrogens with zero attached hydrogens (tertiary/aromatic N) is 1. The van der Waals surface area contributed by atoms with Crippen LogP contribution in [0.1, 0.15) is 32.5 Å². The molecule has 2 rings (SSSR count). The van der Waals surface area contributed by atoms with Crippen LogP contribution in [0.5, 0.6) is 0 Å². The van der Waals surface area contributed by atoms with Crippen LogP contribution in [-0.4, -0.2) is 19.9 Å². The molecule has 7 heteroatoms. The molecule has 2 heterocycles. The topological polar surface area (TPSA) is 120 Å². The number of aromatic amines is 3. The Balaban J connectivity index is 2.63. The zero-order valence-corrected chi connectivity index (χ0v) is 9.76. The molecule has 92 valence electrons. The van der Waals surface area contributed by atoms with Gasteiger partial charge in [-0.3, -0.25) is 14.8 Å². The first kappa shape index (κ1) is 11.6. The predicted octanol–water partition coefficient (Wildman–Crippen LogP) is -0.0865. The molecule has 0 radical (unpaired) electrons. The van der Waals surface area contributed by atoms with E-state index in [4.69, 9.17) is 5.73 Å². The number of nitrogens with one attached hydrogen (secondary N) is 3. The Labute approximate surface area is 96.5 Å². The summed E-state index contributed by atoms with van der Waals surface area (Å²) in [7, 11) is 0. The monoisotopic (exact) mass is 237 g/mol. The molecule has 0 saturated heterocycles. The van der Waals surface area contributed by atoms with Gasteiger partial charge in [-0.05, 0) is 13.3 Å². The van der Waals surface area contributed by atoms with Crippen molar-refractivity contribution in [2.75, 3.05) is 0 Å². The van der Waals surface area contributed by atoms with E-state index >= 15 is 0 Å². The maximum absolute atomic E-state index is 11.5. The first-order chi connectivity index (χ1) is 7.94. The lowest BCUT2D eigenvalue weighted by Crippen LogP contribution is -2.34. The summed E-state index contributed by atoms with van der Waals surface area (Å²) < 4.78 is 0. The van der Waals surface area contributed by atoms with Crippen LogP contribution >= 0.6 is 0 Å². The molecule has 1 unspecified atom stereocenters. The van der Waals surface area contributed by atoms with Crippen molar-refractivity contribution in [2.45, 2.75) is 32.2 Å². The third kappa shape index (κ3) is 2.01. The summed E-state index contributed by atoms with van der Waals surface area (Å²) in [6.07, 6.45) is 1.63. The first-order valence-electron chi connectivity index (χ1n) is 5.45. The van der Waals surface area contributed by atoms with Gasteiger partial charge < -0.3 is 10.7 Å². The molecule has 5 N–H and O–H groups in total. The molecule has 0 aliphatic rings. The summed E-state index contributed by atoms with van der Waals surface area (Å²) in [6, 6.07) is 0. The van der Waals surface area contributed by atoms with Crippen molar-refractivity contribution in [1.29, 1.82) is 0 Å². The van der Waals surface area contributed by atoms with Crippen LogP contribution < -0.4 is 17.0 Å². The van der Waals surface area contributed by atoms with Gasteiger partial charge in [0.05, 0.1) is 5.54 Å². The Hall–Kier alpha value is -1.89. The van der Waals surface area contributed by atoms with Crippen molar-refractivity contribution in [2.24, 2.45) is 5.73 Å². The molecule has 0 amide bonds. The largest absolute Gasteiger partial charge is 0.335 e. The number of fused-ring (bicyclic) bond motifs is 1. The molecule has 0 aromatic carbocycles. The zero-order valence-electron chi connectivity index (χ0n) is 9.76. The molecule has 17 heavy (non-hydrogen) atoms. The molecule has 0 fully saturated rings. The number of rotatable bonds is 3. The third-order valence-corrected chi connectivity index (χ3v) is 2.70. The van der Waals surface area contributed by atoms with Gasteiger partial charge in [0, 0.05) is 0 Å². The molecular formula is C10H15N5O2. The fourth-order valence-corrected chi connectivity index (χ4v) is 1.84. The SMILES string of the molecule is CCCC(C)(N)c1nc2[nH]c(=O)[nH]c(=O)c2[nH]1. The van der Waals surface area contributed by atoms with Crippen LogP contribution in [0, 0.1) is 0 Å². The Morgan fingerprint density at radius 2 is 2.00 bits per heavy atom. The smallest absolute Gasteiger partial charge is 0.327 e. The third-order valence-electron chi connectivity index (χ3n) is 2.70. The molecule has 0 aliphatic heterocycles. The fourth-order valence-electron chi connectivity index (χ4n) is 1.84. The van der Waals surface area contributed by atoms with Gasteiger partial charge in [-0.1, -0.05) is 13.3 Å². The minimum Gasteiger partial charge on any atom is -0.335 e. The van der Waals surface area contributed by atoms with E-state index in [1.807, 2.05) is 13.8 Å². The second kappa shape index (κ2) is 3.85. The average Bonchev–Trinajstić information content (AvgIpc) is 2.62. The van der Waals surface area contributed by atoms with Gasteiger partial charge in [0.15, 0.2) is 5.65 Å². The quantitative estimate of drug-likeness (QED) is 0.596. The van der Waals surface area contributed by atoms with Crippen molar-refractivity contribution < 1.29 is 0 Å². The van der Waals surface area contributed by atoms with Gasteiger partial charge in [-0.25, -0.2) is 9.78 Å². The van der Waals surface area contributed by atoms with Gasteiger partial charge in [-0.15, -0.1) is 0 Å². The summed E-state index contributed by atoms with van der Waals surface area (Å²) in [6.45, 7) is 3.85. The molecule has 1 atom stereocenters. The van der Waals surface area contributed by atoms with Gasteiger partial charge in [0.2, 0.25) is 0 Å². The van der Waals surface area contributed by atoms with Gasteiger partial charge >= 0.3 is 5.69 Å². The van der Waals surface area contributed by atoms with Gasteiger partial charge in [0.1, 0.15) is 11.3 Å². The lowest BCUT2D eigenvalue weighted by Gasteiger charge is -2.20. The van der Waals surface area contributed by atoms with E-state index in [0.717, 1.165) is 12.8 Å². The molecule has 0 bridgehead atoms. The molecule has 2 aromatic heterocycles. The number of hydrogen-bond acceptors (Lipinski definition) is 4. The van der Waals surface area contributed by atoms with Crippen LogP contribution in [0.3, 0.4) is 0 Å². The van der Waals surface area contributed by atoms with E-state index in [0.29, 0.717) is 5.82 Å². The molecule has 0 saturated carbocycles. The minimum atomic E-state index is -0.642. The number of aromatic nitrogens is 4. The van der Waals surface area contributed by atoms with E-state index in [1.165, 1.54) is 0 Å². The van der Waals surface area contributed by atoms with Crippen LogP contribution in [0.2, 0.25) is 0 Å². The van der Waals surface area contributed by atoms with E-state index in [2.05, 4.69) is 19.9 Å². The highest BCUT2D eigenvalue weighted by Gasteiger charge is 2.24. The Morgan fingerprint density at radius 3 is 2.65 bits per heavy atom. The second-order valence-corrected chi connectivity index (χ2v) is 4.38. The van der Waals surface area contributed by atoms with Crippen LogP contribution in [0.15, 0.2) is 9.59 Å². The highest BCUT2D eigenvalue weighted by Crippen LogP contribution is 2.20. The van der Waals surface area contributed by atoms with E-state index in [-0.39, 0.29) is 11.2 Å². The average molecular weight is 237 g/mol. The van der Waals surface area contributed by atoms with Crippen molar-refractivity contribution in [3.8, 4) is 0 Å². The van der Waals surface area contributed by atoms with Crippen molar-refractivity contribution in [1.82, 2.24) is 19.9 Å². The molecule has 0 aliphatic carbocycles. The Bertz CT molecular complexity index is 648. The second-order valence-electron chi connectivity index (χ2n) is 4.38. The fraction of sp³-hybridized carbons (Fsp3) is 0.500. The standard InChI is InChI=1S/C10H15N5O2/c1-3-4-10(2,11)8-12-5-6(13-8)14-9(17)15-7(5)16/h3-4,11H2,1-2H3,(H3,12,13,14,15,16,17). The van der Waals surface area contributed by atoms with E-state index in [9.17, 15) is 9.59 Å². The highest BCUT2D eigenvalue weighted by atomic mass is 16.2. The van der Waals surface area contributed by atoms with E-state index < -0.39 is 16.8 Å². The van der Waals surface area contributed by atoms with Crippen molar-refractivity contribution >= 4 is 11.2 Å². The number of nitrogens with two attached hydrogens (primary N) is 1. The number of hydrogen-bond donors (Lipinski definition) is 4. The number of H-pyrrole nitrogens is 3. The van der Waals surface area contributed by atoms with Gasteiger partial charge in [-0.2, -0.15) is 0 Å². The van der Waals surface area contributed by atoms with E-state index in [1.54, 1.807) is 0 Å². The molecular weight excluding hydrogens is 222 g/mol. The van der Waals surface area contributed by atoms with Crippen LogP contribution in [-0.2, 0) is 5.54 Å². The predicted molar refractivity (Wildman–Crippen MR) is 63.8 cm³/mol. The minimum absolute atomic E-state index is 0.238. The normalized spacial score (nSPS) is 15.0. The summed E-state index contributed by atoms with van der Waals surface area (Å²) >= 11 is 0. The summed E-state index contributed by atoms with van der Waals surface area (Å²) in [5.41, 5.74) is 4.88. The molecule has 2 aromatic rings. The first-order valence-corrected chi connectivity index (χ1v) is 5.45. The maximum atomic E-state index is 11.5. The van der Waals surface area contributed by atoms with Crippen molar-refractivity contribution in [3.63, 3.8) is 0 Å². The molecule has 0 spiro atoms. The highest BCUT2D eigenvalue weighted by molar-refractivity contribution is 5.68. The summed E-state index contributed by atoms with van der Waals surface area (Å²) in [5, 5.41) is 0.